The van der Waals surface area contributed by atoms with Gasteiger partial charge in [-0.05, 0) is 60.5 Å². The third kappa shape index (κ3) is 2.58. The molecule has 0 radical (unpaired) electrons. The molecule has 0 saturated carbocycles. The van der Waals surface area contributed by atoms with Crippen LogP contribution in [0.1, 0.15) is 22.6 Å². The first kappa shape index (κ1) is 13.1. The fraction of sp³-hybridized carbons (Fsp3) is 0.357. The Hall–Kier alpha value is -1.29. The average Bonchev–Trinajstić information content (AvgIpc) is 2.56. The maximum atomic E-state index is 4.38. The molecule has 0 spiro atoms. The maximum absolute atomic E-state index is 4.38. The van der Waals surface area contributed by atoms with E-state index in [4.69, 9.17) is 0 Å². The van der Waals surface area contributed by atoms with Crippen LogP contribution >= 0.6 is 15.9 Å². The Kier molecular flexibility index (Phi) is 3.76. The Morgan fingerprint density at radius 1 is 1.28 bits per heavy atom. The molecule has 96 valence electrons. The van der Waals surface area contributed by atoms with Crippen molar-refractivity contribution < 1.29 is 0 Å². The summed E-state index contributed by atoms with van der Waals surface area (Å²) in [6, 6.07) is 6.24. The molecule has 3 nitrogen and oxygen atoms in total. The molecular formula is C14H18BrN3. The summed E-state index contributed by atoms with van der Waals surface area (Å²) in [6.45, 7) is 7.12. The van der Waals surface area contributed by atoms with Gasteiger partial charge in [-0.15, -0.1) is 0 Å². The first-order valence-electron chi connectivity index (χ1n) is 5.98. The van der Waals surface area contributed by atoms with Gasteiger partial charge in [-0.25, -0.2) is 4.98 Å². The van der Waals surface area contributed by atoms with Gasteiger partial charge in [-0.2, -0.15) is 0 Å². The van der Waals surface area contributed by atoms with Crippen molar-refractivity contribution in [3.8, 4) is 0 Å². The topological polar surface area (TPSA) is 29.9 Å². The summed E-state index contributed by atoms with van der Waals surface area (Å²) in [7, 11) is 2.10. The first-order chi connectivity index (χ1) is 8.49. The maximum Gasteiger partial charge on any atom is 0.106 e. The number of anilines is 1. The summed E-state index contributed by atoms with van der Waals surface area (Å²) in [5.74, 6) is 0. The molecule has 0 saturated heterocycles. The molecule has 0 bridgehead atoms. The third-order valence-electron chi connectivity index (χ3n) is 3.40. The monoisotopic (exact) mass is 307 g/mol. The minimum atomic E-state index is 0.831. The number of rotatable bonds is 3. The number of pyridine rings is 1. The van der Waals surface area contributed by atoms with E-state index in [0.29, 0.717) is 0 Å². The highest BCUT2D eigenvalue weighted by atomic mass is 79.9. The van der Waals surface area contributed by atoms with Gasteiger partial charge >= 0.3 is 0 Å². The van der Waals surface area contributed by atoms with Crippen LogP contribution in [0, 0.1) is 20.8 Å². The number of nitrogens with one attached hydrogen (secondary N) is 1. The number of aryl methyl sites for hydroxylation is 2. The van der Waals surface area contributed by atoms with Crippen molar-refractivity contribution >= 4 is 21.6 Å². The molecular weight excluding hydrogens is 290 g/mol. The summed E-state index contributed by atoms with van der Waals surface area (Å²) in [5.41, 5.74) is 6.02. The van der Waals surface area contributed by atoms with Crippen LogP contribution in [0.3, 0.4) is 0 Å². The van der Waals surface area contributed by atoms with Crippen LogP contribution in [0.25, 0.3) is 0 Å². The molecule has 2 aromatic heterocycles. The number of hydrogen-bond acceptors (Lipinski definition) is 2. The molecule has 0 unspecified atom stereocenters. The lowest BCUT2D eigenvalue weighted by molar-refractivity contribution is 0.836. The molecule has 4 heteroatoms. The molecule has 2 heterocycles. The van der Waals surface area contributed by atoms with Crippen molar-refractivity contribution in [2.45, 2.75) is 27.3 Å². The predicted octanol–water partition coefficient (Wildman–Crippen LogP) is 3.72. The van der Waals surface area contributed by atoms with E-state index in [1.807, 2.05) is 13.0 Å². The number of nitrogens with zero attached hydrogens (tertiary/aromatic N) is 2. The van der Waals surface area contributed by atoms with Gasteiger partial charge < -0.3 is 9.88 Å². The van der Waals surface area contributed by atoms with Crippen LogP contribution in [-0.2, 0) is 13.6 Å². The van der Waals surface area contributed by atoms with E-state index >= 15 is 0 Å². The van der Waals surface area contributed by atoms with Crippen molar-refractivity contribution in [3.05, 3.63) is 45.4 Å². The van der Waals surface area contributed by atoms with Gasteiger partial charge in [0.1, 0.15) is 4.60 Å². The van der Waals surface area contributed by atoms with Crippen molar-refractivity contribution in [1.82, 2.24) is 9.55 Å². The molecule has 0 aliphatic heterocycles. The molecule has 0 atom stereocenters. The summed E-state index contributed by atoms with van der Waals surface area (Å²) >= 11 is 3.37. The lowest BCUT2D eigenvalue weighted by atomic mass is 10.2. The number of hydrogen-bond donors (Lipinski definition) is 1. The normalized spacial score (nSPS) is 10.7. The summed E-state index contributed by atoms with van der Waals surface area (Å²) in [6.07, 6.45) is 0. The van der Waals surface area contributed by atoms with E-state index in [1.165, 1.54) is 17.0 Å². The van der Waals surface area contributed by atoms with E-state index in [0.717, 1.165) is 22.5 Å². The van der Waals surface area contributed by atoms with Gasteiger partial charge in [0.15, 0.2) is 0 Å². The van der Waals surface area contributed by atoms with Crippen LogP contribution < -0.4 is 5.32 Å². The highest BCUT2D eigenvalue weighted by Gasteiger charge is 2.06. The quantitative estimate of drug-likeness (QED) is 0.876. The van der Waals surface area contributed by atoms with Gasteiger partial charge in [0.25, 0.3) is 0 Å². The third-order valence-corrected chi connectivity index (χ3v) is 3.84. The van der Waals surface area contributed by atoms with Gasteiger partial charge in [-0.3, -0.25) is 0 Å². The average molecular weight is 308 g/mol. The highest BCUT2D eigenvalue weighted by molar-refractivity contribution is 9.10. The largest absolute Gasteiger partial charge is 0.379 e. The zero-order valence-corrected chi connectivity index (χ0v) is 12.8. The second kappa shape index (κ2) is 5.14. The molecule has 0 fully saturated rings. The lowest BCUT2D eigenvalue weighted by Crippen LogP contribution is -2.03. The molecule has 0 aromatic carbocycles. The second-order valence-electron chi connectivity index (χ2n) is 4.58. The van der Waals surface area contributed by atoms with Gasteiger partial charge in [-0.1, -0.05) is 0 Å². The zero-order chi connectivity index (χ0) is 13.3. The Labute approximate surface area is 116 Å². The first-order valence-corrected chi connectivity index (χ1v) is 6.77. The Bertz CT molecular complexity index is 573. The molecule has 0 aliphatic rings. The van der Waals surface area contributed by atoms with Crippen LogP contribution in [0.4, 0.5) is 5.69 Å². The number of aromatic nitrogens is 2. The molecule has 2 aromatic rings. The Morgan fingerprint density at radius 3 is 2.56 bits per heavy atom. The Balaban J connectivity index is 2.14. The van der Waals surface area contributed by atoms with Crippen molar-refractivity contribution in [2.75, 3.05) is 5.32 Å². The lowest BCUT2D eigenvalue weighted by Gasteiger charge is -2.09. The molecule has 0 amide bonds. The minimum Gasteiger partial charge on any atom is -0.379 e. The molecule has 18 heavy (non-hydrogen) atoms. The van der Waals surface area contributed by atoms with Crippen molar-refractivity contribution in [1.29, 1.82) is 0 Å². The fourth-order valence-electron chi connectivity index (χ4n) is 2.02. The highest BCUT2D eigenvalue weighted by Crippen LogP contribution is 2.19. The fourth-order valence-corrected chi connectivity index (χ4v) is 2.42. The summed E-state index contributed by atoms with van der Waals surface area (Å²) in [4.78, 5) is 4.38. The standard InChI is InChI=1S/C14H18BrN3/c1-9-7-12(11(3)18(9)4)8-16-13-5-6-14(15)17-10(13)2/h5-7,16H,8H2,1-4H3. The zero-order valence-electron chi connectivity index (χ0n) is 11.2. The molecule has 2 rings (SSSR count). The van der Waals surface area contributed by atoms with Crippen molar-refractivity contribution in [3.63, 3.8) is 0 Å². The Morgan fingerprint density at radius 2 is 2.00 bits per heavy atom. The van der Waals surface area contributed by atoms with Crippen LogP contribution in [0.2, 0.25) is 0 Å². The van der Waals surface area contributed by atoms with Gasteiger partial charge in [0.05, 0.1) is 11.4 Å². The minimum absolute atomic E-state index is 0.831. The van der Waals surface area contributed by atoms with Crippen LogP contribution in [0.15, 0.2) is 22.8 Å². The molecule has 1 N–H and O–H groups in total. The smallest absolute Gasteiger partial charge is 0.106 e. The van der Waals surface area contributed by atoms with Gasteiger partial charge in [0.2, 0.25) is 0 Å². The predicted molar refractivity (Wildman–Crippen MR) is 78.9 cm³/mol. The van der Waals surface area contributed by atoms with E-state index in [2.05, 4.69) is 63.8 Å². The summed E-state index contributed by atoms with van der Waals surface area (Å²) < 4.78 is 3.08. The summed E-state index contributed by atoms with van der Waals surface area (Å²) in [5, 5.41) is 3.44. The molecule has 0 aliphatic carbocycles. The van der Waals surface area contributed by atoms with E-state index in [1.54, 1.807) is 0 Å². The van der Waals surface area contributed by atoms with Crippen LogP contribution in [-0.4, -0.2) is 9.55 Å². The van der Waals surface area contributed by atoms with E-state index < -0.39 is 0 Å². The van der Waals surface area contributed by atoms with Gasteiger partial charge in [0, 0.05) is 25.0 Å². The van der Waals surface area contributed by atoms with Crippen LogP contribution in [0.5, 0.6) is 0 Å². The van der Waals surface area contributed by atoms with Crippen molar-refractivity contribution in [2.24, 2.45) is 7.05 Å². The second-order valence-corrected chi connectivity index (χ2v) is 5.39. The SMILES string of the molecule is Cc1nc(Br)ccc1NCc1cc(C)n(C)c1C. The van der Waals surface area contributed by atoms with E-state index in [9.17, 15) is 0 Å². The number of halogens is 1. The van der Waals surface area contributed by atoms with E-state index in [-0.39, 0.29) is 0 Å².